The number of nitrogens with zero attached hydrogens (tertiary/aromatic N) is 3. The molecule has 112 valence electrons. The van der Waals surface area contributed by atoms with Gasteiger partial charge in [-0.1, -0.05) is 0 Å². The topological polar surface area (TPSA) is 45.7 Å². The minimum Gasteiger partial charge on any atom is -1.00 e. The molecule has 0 radical (unpaired) electrons. The van der Waals surface area contributed by atoms with Crippen molar-refractivity contribution in [1.82, 2.24) is 14.8 Å². The van der Waals surface area contributed by atoms with Crippen LogP contribution in [0.25, 0.3) is 0 Å². The van der Waals surface area contributed by atoms with Gasteiger partial charge in [-0.2, -0.15) is 0 Å². The third kappa shape index (κ3) is 8.71. The molecule has 0 aromatic carbocycles. The second-order valence-corrected chi connectivity index (χ2v) is 3.95. The summed E-state index contributed by atoms with van der Waals surface area (Å²) in [6.45, 7) is 0.636. The van der Waals surface area contributed by atoms with E-state index in [9.17, 15) is 4.79 Å². The molecule has 0 saturated carbocycles. The molecule has 0 aliphatic rings. The summed E-state index contributed by atoms with van der Waals surface area (Å²) in [5.74, 6) is 0.509. The molecule has 8 heteroatoms. The van der Waals surface area contributed by atoms with Crippen LogP contribution in [0.15, 0.2) is 18.3 Å². The van der Waals surface area contributed by atoms with Crippen LogP contribution in [0.4, 0.5) is 4.79 Å². The van der Waals surface area contributed by atoms with E-state index >= 15 is 0 Å². The van der Waals surface area contributed by atoms with E-state index in [1.54, 1.807) is 32.4 Å². The molecule has 5 nitrogen and oxygen atoms in total. The van der Waals surface area contributed by atoms with E-state index in [1.807, 2.05) is 19.0 Å². The Balaban J connectivity index is -0.000000853. The first kappa shape index (κ1) is 24.0. The van der Waals surface area contributed by atoms with Gasteiger partial charge >= 0.3 is 26.5 Å². The molecule has 19 heavy (non-hydrogen) atoms. The molecule has 0 N–H and O–H groups in total. The number of carbonyl (C=O) groups is 1. The van der Waals surface area contributed by atoms with Gasteiger partial charge in [-0.05, 0) is 26.2 Å². The van der Waals surface area contributed by atoms with Crippen LogP contribution >= 0.6 is 0 Å². The summed E-state index contributed by atoms with van der Waals surface area (Å²) in [5, 5.41) is 0. The average Bonchev–Trinajstić information content (AvgIpc) is 2.20. The average molecular weight is 490 g/mol. The second kappa shape index (κ2) is 11.8. The first-order valence-electron chi connectivity index (χ1n) is 4.98. The van der Waals surface area contributed by atoms with E-state index < -0.39 is 6.09 Å². The maximum atomic E-state index is 11.4. The molecule has 1 aromatic rings. The smallest absolute Gasteiger partial charge is 1.00 e. The standard InChI is InChI=1S/C11H17N3O2.2BrH.Pd/c1-13(2)8-9-10(6-5-7-12-9)16-11(15)14(3)4;;;/h5-7H,8H2,1-4H3;2*1H;/q;;;+2/p-2. The number of halogens is 2. The van der Waals surface area contributed by atoms with Gasteiger partial charge in [-0.25, -0.2) is 4.79 Å². The largest absolute Gasteiger partial charge is 2.00 e. The van der Waals surface area contributed by atoms with Gasteiger partial charge in [0.15, 0.2) is 5.75 Å². The van der Waals surface area contributed by atoms with Gasteiger partial charge in [0.2, 0.25) is 0 Å². The van der Waals surface area contributed by atoms with Crippen LogP contribution in [0.1, 0.15) is 5.69 Å². The van der Waals surface area contributed by atoms with Crippen LogP contribution in [-0.4, -0.2) is 49.1 Å². The number of hydrogen-bond acceptors (Lipinski definition) is 4. The number of ether oxygens (including phenoxy) is 1. The van der Waals surface area contributed by atoms with Crippen molar-refractivity contribution in [3.8, 4) is 5.75 Å². The summed E-state index contributed by atoms with van der Waals surface area (Å²) < 4.78 is 5.21. The summed E-state index contributed by atoms with van der Waals surface area (Å²) in [6.07, 6.45) is 1.29. The Morgan fingerprint density at radius 3 is 2.32 bits per heavy atom. The summed E-state index contributed by atoms with van der Waals surface area (Å²) in [4.78, 5) is 19.0. The van der Waals surface area contributed by atoms with Crippen molar-refractivity contribution in [2.45, 2.75) is 6.54 Å². The van der Waals surface area contributed by atoms with Crippen LogP contribution in [0.2, 0.25) is 0 Å². The Bertz CT molecular complexity index is 379. The molecule has 0 aliphatic heterocycles. The van der Waals surface area contributed by atoms with E-state index in [2.05, 4.69) is 4.98 Å². The predicted molar refractivity (Wildman–Crippen MR) is 61.3 cm³/mol. The van der Waals surface area contributed by atoms with Gasteiger partial charge in [-0.15, -0.1) is 0 Å². The number of rotatable bonds is 3. The monoisotopic (exact) mass is 487 g/mol. The molecule has 1 heterocycles. The number of aromatic nitrogens is 1. The zero-order chi connectivity index (χ0) is 12.1. The quantitative estimate of drug-likeness (QED) is 0.400. The molecule has 1 rings (SSSR count). The van der Waals surface area contributed by atoms with E-state index in [4.69, 9.17) is 4.74 Å². The van der Waals surface area contributed by atoms with Gasteiger partial charge in [0.1, 0.15) is 0 Å². The van der Waals surface area contributed by atoms with Gasteiger partial charge in [-0.3, -0.25) is 4.98 Å². The van der Waals surface area contributed by atoms with Crippen LogP contribution in [0.3, 0.4) is 0 Å². The summed E-state index contributed by atoms with van der Waals surface area (Å²) in [6, 6.07) is 3.49. The Hall–Kier alpha value is 0.00234. The minimum absolute atomic E-state index is 0. The molecule has 0 bridgehead atoms. The van der Waals surface area contributed by atoms with Gasteiger partial charge < -0.3 is 48.5 Å². The van der Waals surface area contributed by atoms with Crippen LogP contribution in [0, 0.1) is 0 Å². The summed E-state index contributed by atoms with van der Waals surface area (Å²) in [7, 11) is 7.16. The SMILES string of the molecule is CN(C)Cc1ncccc1OC(=O)N(C)C.[Br-].[Br-].[Pd+2]. The van der Waals surface area contributed by atoms with Crippen molar-refractivity contribution in [3.63, 3.8) is 0 Å². The van der Waals surface area contributed by atoms with Crippen molar-refractivity contribution in [2.24, 2.45) is 0 Å². The maximum absolute atomic E-state index is 11.4. The third-order valence-electron chi connectivity index (χ3n) is 1.88. The van der Waals surface area contributed by atoms with Crippen LogP contribution < -0.4 is 38.7 Å². The van der Waals surface area contributed by atoms with E-state index in [1.165, 1.54) is 4.90 Å². The van der Waals surface area contributed by atoms with E-state index in [-0.39, 0.29) is 54.4 Å². The molecule has 0 aliphatic carbocycles. The van der Waals surface area contributed by atoms with E-state index in [0.29, 0.717) is 12.3 Å². The van der Waals surface area contributed by atoms with Crippen molar-refractivity contribution in [2.75, 3.05) is 28.2 Å². The fraction of sp³-hybridized carbons (Fsp3) is 0.455. The van der Waals surface area contributed by atoms with Crippen LogP contribution in [-0.2, 0) is 27.0 Å². The minimum atomic E-state index is -0.395. The van der Waals surface area contributed by atoms with Crippen molar-refractivity contribution < 1.29 is 63.9 Å². The fourth-order valence-corrected chi connectivity index (χ4v) is 1.12. The van der Waals surface area contributed by atoms with Crippen molar-refractivity contribution in [3.05, 3.63) is 24.0 Å². The molecule has 1 aromatic heterocycles. The number of pyridine rings is 1. The van der Waals surface area contributed by atoms with Crippen LogP contribution in [0.5, 0.6) is 5.75 Å². The fourth-order valence-electron chi connectivity index (χ4n) is 1.12. The predicted octanol–water partition coefficient (Wildman–Crippen LogP) is -4.79. The molecule has 0 saturated heterocycles. The van der Waals surface area contributed by atoms with Gasteiger partial charge in [0, 0.05) is 26.8 Å². The normalized spacial score (nSPS) is 8.68. The van der Waals surface area contributed by atoms with Crippen molar-refractivity contribution >= 4 is 6.09 Å². The van der Waals surface area contributed by atoms with Gasteiger partial charge in [0.05, 0.1) is 5.69 Å². The first-order valence-corrected chi connectivity index (χ1v) is 4.98. The number of amides is 1. The Morgan fingerprint density at radius 2 is 1.84 bits per heavy atom. The number of hydrogen-bond donors (Lipinski definition) is 0. The molecule has 0 spiro atoms. The molecular weight excluding hydrogens is 472 g/mol. The molecular formula is C11H17Br2N3O2Pd. The van der Waals surface area contributed by atoms with E-state index in [0.717, 1.165) is 5.69 Å². The Kier molecular flexibility index (Phi) is 14.9. The third-order valence-corrected chi connectivity index (χ3v) is 1.88. The zero-order valence-electron chi connectivity index (χ0n) is 11.2. The van der Waals surface area contributed by atoms with Gasteiger partial charge in [0.25, 0.3) is 0 Å². The summed E-state index contributed by atoms with van der Waals surface area (Å²) >= 11 is 0. The van der Waals surface area contributed by atoms with Crippen molar-refractivity contribution in [1.29, 1.82) is 0 Å². The second-order valence-electron chi connectivity index (χ2n) is 3.95. The zero-order valence-corrected chi connectivity index (χ0v) is 15.9. The molecule has 1 amide bonds. The Morgan fingerprint density at radius 1 is 1.26 bits per heavy atom. The first-order chi connectivity index (χ1) is 7.50. The maximum Gasteiger partial charge on any atom is 2.00 e. The molecule has 0 unspecified atom stereocenters. The number of carbonyl (C=O) groups excluding carboxylic acids is 1. The Labute approximate surface area is 148 Å². The molecule has 0 fully saturated rings. The summed E-state index contributed by atoms with van der Waals surface area (Å²) in [5.41, 5.74) is 0.753. The molecule has 0 atom stereocenters.